The Labute approximate surface area is 123 Å². The van der Waals surface area contributed by atoms with Gasteiger partial charge in [0.15, 0.2) is 0 Å². The SMILES string of the molecule is CC(c1cccc(Cl)c1)N(C)c1ncc(F)cc1CN. The van der Waals surface area contributed by atoms with Crippen molar-refractivity contribution in [1.82, 2.24) is 4.98 Å². The van der Waals surface area contributed by atoms with Crippen LogP contribution in [0.15, 0.2) is 36.5 Å². The molecule has 0 saturated carbocycles. The second-order valence-corrected chi connectivity index (χ2v) is 5.12. The van der Waals surface area contributed by atoms with Gasteiger partial charge in [0.2, 0.25) is 0 Å². The topological polar surface area (TPSA) is 42.2 Å². The van der Waals surface area contributed by atoms with Crippen molar-refractivity contribution in [2.75, 3.05) is 11.9 Å². The van der Waals surface area contributed by atoms with Crippen molar-refractivity contribution in [3.05, 3.63) is 58.5 Å². The zero-order valence-corrected chi connectivity index (χ0v) is 12.2. The molecule has 0 saturated heterocycles. The number of hydrogen-bond donors (Lipinski definition) is 1. The highest BCUT2D eigenvalue weighted by Crippen LogP contribution is 2.27. The number of nitrogens with zero attached hydrogens (tertiary/aromatic N) is 2. The molecule has 1 aromatic heterocycles. The molecule has 1 aromatic carbocycles. The number of nitrogens with two attached hydrogens (primary N) is 1. The van der Waals surface area contributed by atoms with Gasteiger partial charge in [0.1, 0.15) is 11.6 Å². The van der Waals surface area contributed by atoms with Crippen molar-refractivity contribution in [1.29, 1.82) is 0 Å². The Bertz CT molecular complexity index is 603. The second kappa shape index (κ2) is 6.20. The summed E-state index contributed by atoms with van der Waals surface area (Å²) < 4.78 is 13.2. The van der Waals surface area contributed by atoms with E-state index < -0.39 is 0 Å². The molecule has 0 radical (unpaired) electrons. The molecule has 5 heteroatoms. The molecular formula is C15H17ClFN3. The minimum Gasteiger partial charge on any atom is -0.353 e. The van der Waals surface area contributed by atoms with E-state index in [0.29, 0.717) is 16.4 Å². The van der Waals surface area contributed by atoms with Gasteiger partial charge in [0.25, 0.3) is 0 Å². The van der Waals surface area contributed by atoms with Crippen LogP contribution in [0, 0.1) is 5.82 Å². The highest BCUT2D eigenvalue weighted by atomic mass is 35.5. The highest BCUT2D eigenvalue weighted by molar-refractivity contribution is 6.30. The molecule has 1 heterocycles. The molecule has 2 aromatic rings. The van der Waals surface area contributed by atoms with Crippen molar-refractivity contribution in [2.24, 2.45) is 5.73 Å². The summed E-state index contributed by atoms with van der Waals surface area (Å²) in [6.07, 6.45) is 1.20. The third-order valence-electron chi connectivity index (χ3n) is 3.38. The number of halogens is 2. The summed E-state index contributed by atoms with van der Waals surface area (Å²) in [6, 6.07) is 9.12. The van der Waals surface area contributed by atoms with E-state index in [4.69, 9.17) is 17.3 Å². The van der Waals surface area contributed by atoms with Crippen molar-refractivity contribution in [3.8, 4) is 0 Å². The predicted molar refractivity (Wildman–Crippen MR) is 80.4 cm³/mol. The maximum absolute atomic E-state index is 13.2. The summed E-state index contributed by atoms with van der Waals surface area (Å²) in [5.41, 5.74) is 7.41. The van der Waals surface area contributed by atoms with Gasteiger partial charge in [-0.1, -0.05) is 23.7 Å². The third-order valence-corrected chi connectivity index (χ3v) is 3.61. The summed E-state index contributed by atoms with van der Waals surface area (Å²) in [4.78, 5) is 6.12. The van der Waals surface area contributed by atoms with Crippen LogP contribution in [0.2, 0.25) is 5.02 Å². The molecule has 1 unspecified atom stereocenters. The van der Waals surface area contributed by atoms with Crippen LogP contribution in [0.1, 0.15) is 24.1 Å². The summed E-state index contributed by atoms with van der Waals surface area (Å²) >= 11 is 6.02. The molecule has 0 fully saturated rings. The van der Waals surface area contributed by atoms with Gasteiger partial charge in [-0.05, 0) is 30.7 Å². The average molecular weight is 294 g/mol. The highest BCUT2D eigenvalue weighted by Gasteiger charge is 2.17. The van der Waals surface area contributed by atoms with Gasteiger partial charge in [0, 0.05) is 24.2 Å². The molecule has 0 aliphatic heterocycles. The van der Waals surface area contributed by atoms with E-state index in [9.17, 15) is 4.39 Å². The smallest absolute Gasteiger partial charge is 0.141 e. The van der Waals surface area contributed by atoms with Crippen molar-refractivity contribution < 1.29 is 4.39 Å². The van der Waals surface area contributed by atoms with E-state index in [1.165, 1.54) is 12.3 Å². The van der Waals surface area contributed by atoms with Crippen LogP contribution >= 0.6 is 11.6 Å². The number of aromatic nitrogens is 1. The van der Waals surface area contributed by atoms with Crippen LogP contribution in [0.5, 0.6) is 0 Å². The number of pyridine rings is 1. The molecule has 0 aliphatic rings. The minimum absolute atomic E-state index is 0.0527. The summed E-state index contributed by atoms with van der Waals surface area (Å²) in [5.74, 6) is 0.305. The number of anilines is 1. The van der Waals surface area contributed by atoms with E-state index in [1.807, 2.05) is 43.1 Å². The minimum atomic E-state index is -0.377. The lowest BCUT2D eigenvalue weighted by molar-refractivity contribution is 0.615. The van der Waals surface area contributed by atoms with Crippen LogP contribution < -0.4 is 10.6 Å². The van der Waals surface area contributed by atoms with Crippen LogP contribution in [0.4, 0.5) is 10.2 Å². The molecule has 0 aliphatic carbocycles. The molecule has 2 N–H and O–H groups in total. The molecule has 0 spiro atoms. The first-order chi connectivity index (χ1) is 9.52. The Morgan fingerprint density at radius 3 is 2.80 bits per heavy atom. The first-order valence-corrected chi connectivity index (χ1v) is 6.73. The van der Waals surface area contributed by atoms with Crippen molar-refractivity contribution in [3.63, 3.8) is 0 Å². The van der Waals surface area contributed by atoms with Crippen LogP contribution in [-0.4, -0.2) is 12.0 Å². The van der Waals surface area contributed by atoms with E-state index in [0.717, 1.165) is 5.56 Å². The molecule has 3 nitrogen and oxygen atoms in total. The number of hydrogen-bond acceptors (Lipinski definition) is 3. The van der Waals surface area contributed by atoms with E-state index in [-0.39, 0.29) is 18.4 Å². The van der Waals surface area contributed by atoms with Gasteiger partial charge < -0.3 is 10.6 Å². The lowest BCUT2D eigenvalue weighted by Gasteiger charge is -2.28. The zero-order valence-electron chi connectivity index (χ0n) is 11.5. The second-order valence-electron chi connectivity index (χ2n) is 4.68. The van der Waals surface area contributed by atoms with Crippen LogP contribution in [-0.2, 0) is 6.54 Å². The molecular weight excluding hydrogens is 277 g/mol. The van der Waals surface area contributed by atoms with E-state index in [1.54, 1.807) is 0 Å². The monoisotopic (exact) mass is 293 g/mol. The standard InChI is InChI=1S/C15H17ClFN3/c1-10(11-4-3-5-13(16)6-11)20(2)15-12(8-18)7-14(17)9-19-15/h3-7,9-10H,8,18H2,1-2H3. The molecule has 2 rings (SSSR count). The van der Waals surface area contributed by atoms with Crippen LogP contribution in [0.3, 0.4) is 0 Å². The third kappa shape index (κ3) is 3.08. The van der Waals surface area contributed by atoms with Gasteiger partial charge in [-0.3, -0.25) is 0 Å². The Hall–Kier alpha value is -1.65. The molecule has 1 atom stereocenters. The van der Waals surface area contributed by atoms with Crippen LogP contribution in [0.25, 0.3) is 0 Å². The zero-order chi connectivity index (χ0) is 14.7. The fourth-order valence-electron chi connectivity index (χ4n) is 2.12. The summed E-state index contributed by atoms with van der Waals surface area (Å²) in [5, 5.41) is 0.689. The fraction of sp³-hybridized carbons (Fsp3) is 0.267. The Morgan fingerprint density at radius 2 is 2.15 bits per heavy atom. The van der Waals surface area contributed by atoms with E-state index in [2.05, 4.69) is 4.98 Å². The normalized spacial score (nSPS) is 12.2. The van der Waals surface area contributed by atoms with E-state index >= 15 is 0 Å². The van der Waals surface area contributed by atoms with Gasteiger partial charge in [0.05, 0.1) is 12.2 Å². The molecule has 0 bridgehead atoms. The Morgan fingerprint density at radius 1 is 1.40 bits per heavy atom. The summed E-state index contributed by atoms with van der Waals surface area (Å²) in [7, 11) is 1.91. The maximum atomic E-state index is 13.2. The lowest BCUT2D eigenvalue weighted by atomic mass is 10.1. The van der Waals surface area contributed by atoms with Gasteiger partial charge in [-0.15, -0.1) is 0 Å². The largest absolute Gasteiger partial charge is 0.353 e. The number of benzene rings is 1. The molecule has 0 amide bonds. The van der Waals surface area contributed by atoms with Gasteiger partial charge in [-0.2, -0.15) is 0 Å². The van der Waals surface area contributed by atoms with Gasteiger partial charge >= 0.3 is 0 Å². The Balaban J connectivity index is 2.33. The number of rotatable bonds is 4. The average Bonchev–Trinajstić information content (AvgIpc) is 2.45. The van der Waals surface area contributed by atoms with Crippen molar-refractivity contribution in [2.45, 2.75) is 19.5 Å². The molecule has 20 heavy (non-hydrogen) atoms. The molecule has 106 valence electrons. The fourth-order valence-corrected chi connectivity index (χ4v) is 2.31. The Kier molecular flexibility index (Phi) is 4.57. The quantitative estimate of drug-likeness (QED) is 0.937. The maximum Gasteiger partial charge on any atom is 0.141 e. The predicted octanol–water partition coefficient (Wildman–Crippen LogP) is 3.53. The van der Waals surface area contributed by atoms with Gasteiger partial charge in [-0.25, -0.2) is 9.37 Å². The first kappa shape index (κ1) is 14.8. The summed E-state index contributed by atoms with van der Waals surface area (Å²) in [6.45, 7) is 2.28. The van der Waals surface area contributed by atoms with Crippen molar-refractivity contribution >= 4 is 17.4 Å². The first-order valence-electron chi connectivity index (χ1n) is 6.35. The lowest BCUT2D eigenvalue weighted by Crippen LogP contribution is -2.24.